The minimum Gasteiger partial charge on any atom is -0.465 e. The monoisotopic (exact) mass is 574 g/mol. The van der Waals surface area contributed by atoms with Gasteiger partial charge in [-0.25, -0.2) is 13.6 Å². The van der Waals surface area contributed by atoms with Crippen LogP contribution in [0.15, 0.2) is 85.2 Å². The summed E-state index contributed by atoms with van der Waals surface area (Å²) in [5, 5.41) is 15.6. The number of halogens is 3. The Morgan fingerprint density at radius 3 is 2.46 bits per heavy atom. The first-order valence-electron chi connectivity index (χ1n) is 12.8. The van der Waals surface area contributed by atoms with Crippen LogP contribution in [-0.2, 0) is 24.2 Å². The molecule has 1 unspecified atom stereocenters. The number of fused-ring (bicyclic) bond motifs is 1. The number of nitrogens with one attached hydrogen (secondary N) is 3. The van der Waals surface area contributed by atoms with Gasteiger partial charge in [0, 0.05) is 46.5 Å². The summed E-state index contributed by atoms with van der Waals surface area (Å²) in [5.74, 6) is -1.72. The van der Waals surface area contributed by atoms with E-state index in [4.69, 9.17) is 16.7 Å². The van der Waals surface area contributed by atoms with Crippen molar-refractivity contribution in [2.45, 2.75) is 25.4 Å². The zero-order chi connectivity index (χ0) is 28.9. The summed E-state index contributed by atoms with van der Waals surface area (Å²) < 4.78 is 28.1. The van der Waals surface area contributed by atoms with E-state index in [2.05, 4.69) is 20.6 Å². The van der Waals surface area contributed by atoms with Crippen molar-refractivity contribution in [3.05, 3.63) is 124 Å². The van der Waals surface area contributed by atoms with Gasteiger partial charge in [0.25, 0.3) is 0 Å². The van der Waals surface area contributed by atoms with Crippen LogP contribution in [0.1, 0.15) is 28.4 Å². The second-order valence-electron chi connectivity index (χ2n) is 9.57. The summed E-state index contributed by atoms with van der Waals surface area (Å²) in [6, 6.07) is 18.9. The molecule has 208 valence electrons. The van der Waals surface area contributed by atoms with Crippen molar-refractivity contribution in [2.24, 2.45) is 0 Å². The molecule has 2 aromatic heterocycles. The fraction of sp³-hybridized carbons (Fsp3) is 0.129. The van der Waals surface area contributed by atoms with E-state index in [0.29, 0.717) is 16.3 Å². The first-order chi connectivity index (χ1) is 19.7. The van der Waals surface area contributed by atoms with Crippen LogP contribution in [0.5, 0.6) is 0 Å². The molecule has 0 spiro atoms. The van der Waals surface area contributed by atoms with Crippen molar-refractivity contribution in [3.8, 4) is 11.1 Å². The average molecular weight is 575 g/mol. The third-order valence-corrected chi connectivity index (χ3v) is 6.90. The first-order valence-corrected chi connectivity index (χ1v) is 13.1. The number of aromatic nitrogens is 2. The maximum atomic E-state index is 14.1. The highest BCUT2D eigenvalue weighted by Crippen LogP contribution is 2.30. The zero-order valence-corrected chi connectivity index (χ0v) is 22.4. The first kappa shape index (κ1) is 27.8. The number of rotatable bonds is 9. The van der Waals surface area contributed by atoms with Gasteiger partial charge < -0.3 is 20.7 Å². The Morgan fingerprint density at radius 2 is 1.73 bits per heavy atom. The van der Waals surface area contributed by atoms with Crippen molar-refractivity contribution in [3.63, 3.8) is 0 Å². The van der Waals surface area contributed by atoms with E-state index in [1.165, 1.54) is 12.1 Å². The Kier molecular flexibility index (Phi) is 8.26. The number of amides is 2. The molecule has 4 N–H and O–H groups in total. The van der Waals surface area contributed by atoms with Crippen LogP contribution in [0.25, 0.3) is 22.0 Å². The van der Waals surface area contributed by atoms with Crippen LogP contribution in [0, 0.1) is 11.6 Å². The largest absolute Gasteiger partial charge is 0.465 e. The van der Waals surface area contributed by atoms with Gasteiger partial charge in [-0.05, 0) is 65.1 Å². The minimum absolute atomic E-state index is 0.0316. The quantitative estimate of drug-likeness (QED) is 0.160. The number of hydrogen-bond acceptors (Lipinski definition) is 3. The number of benzene rings is 3. The van der Waals surface area contributed by atoms with Crippen molar-refractivity contribution in [2.75, 3.05) is 0 Å². The highest BCUT2D eigenvalue weighted by molar-refractivity contribution is 6.30. The Balaban J connectivity index is 1.43. The van der Waals surface area contributed by atoms with Gasteiger partial charge in [0.1, 0.15) is 11.6 Å². The van der Waals surface area contributed by atoms with Crippen LogP contribution in [0.2, 0.25) is 5.02 Å². The lowest BCUT2D eigenvalue weighted by Gasteiger charge is -2.22. The standard InChI is InChI=1S/C31H25ClF2N4O3/c32-22-6-4-20(5-7-22)26-2-1-9-35-30(26)28(13-19-10-23(33)15-24(34)11-19)38-29(39)14-21-17-36-27-12-18(3-8-25(21)27)16-37-31(40)41/h1-12,15,17,28,36-37H,13-14,16H2,(H,38,39)(H,40,41). The van der Waals surface area contributed by atoms with Crippen LogP contribution in [-0.4, -0.2) is 27.1 Å². The van der Waals surface area contributed by atoms with E-state index in [1.54, 1.807) is 36.7 Å². The predicted octanol–water partition coefficient (Wildman–Crippen LogP) is 6.57. The molecular formula is C31H25ClF2N4O3. The topological polar surface area (TPSA) is 107 Å². The van der Waals surface area contributed by atoms with Crippen LogP contribution >= 0.6 is 11.6 Å². The highest BCUT2D eigenvalue weighted by atomic mass is 35.5. The van der Waals surface area contributed by atoms with Gasteiger partial charge >= 0.3 is 6.09 Å². The molecule has 0 fully saturated rings. The second kappa shape index (κ2) is 12.2. The van der Waals surface area contributed by atoms with Gasteiger partial charge in [-0.3, -0.25) is 9.78 Å². The molecule has 41 heavy (non-hydrogen) atoms. The van der Waals surface area contributed by atoms with Gasteiger partial charge in [0.15, 0.2) is 0 Å². The van der Waals surface area contributed by atoms with E-state index < -0.39 is 23.8 Å². The third kappa shape index (κ3) is 6.88. The van der Waals surface area contributed by atoms with Gasteiger partial charge in [-0.2, -0.15) is 0 Å². The summed E-state index contributed by atoms with van der Waals surface area (Å²) >= 11 is 6.08. The Labute approximate surface area is 239 Å². The molecule has 0 aliphatic heterocycles. The van der Waals surface area contributed by atoms with E-state index in [-0.39, 0.29) is 25.3 Å². The Morgan fingerprint density at radius 1 is 0.976 bits per heavy atom. The number of hydrogen-bond donors (Lipinski definition) is 4. The van der Waals surface area contributed by atoms with Crippen molar-refractivity contribution >= 4 is 34.5 Å². The number of nitrogens with zero attached hydrogens (tertiary/aromatic N) is 1. The number of H-pyrrole nitrogens is 1. The van der Waals surface area contributed by atoms with E-state index >= 15 is 0 Å². The van der Waals surface area contributed by atoms with Crippen LogP contribution in [0.3, 0.4) is 0 Å². The molecule has 10 heteroatoms. The van der Waals surface area contributed by atoms with Gasteiger partial charge in [0.05, 0.1) is 18.2 Å². The van der Waals surface area contributed by atoms with Gasteiger partial charge in [-0.15, -0.1) is 0 Å². The fourth-order valence-corrected chi connectivity index (χ4v) is 4.96. The summed E-state index contributed by atoms with van der Waals surface area (Å²) in [6.07, 6.45) is 2.36. The lowest BCUT2D eigenvalue weighted by atomic mass is 9.95. The maximum Gasteiger partial charge on any atom is 0.404 e. The van der Waals surface area contributed by atoms with Crippen molar-refractivity contribution in [1.82, 2.24) is 20.6 Å². The second-order valence-corrected chi connectivity index (χ2v) is 10.0. The van der Waals surface area contributed by atoms with Gasteiger partial charge in [0.2, 0.25) is 5.91 Å². The minimum atomic E-state index is -1.11. The molecule has 5 aromatic rings. The molecule has 0 aliphatic carbocycles. The number of carboxylic acid groups (broad SMARTS) is 1. The number of aromatic amines is 1. The molecule has 0 saturated carbocycles. The SMILES string of the molecule is O=C(O)NCc1ccc2c(CC(=O)NC(Cc3cc(F)cc(F)c3)c3ncccc3-c3ccc(Cl)cc3)c[nH]c2c1. The Bertz CT molecular complexity index is 1700. The molecule has 0 saturated heterocycles. The molecule has 2 heterocycles. The van der Waals surface area contributed by atoms with E-state index in [1.807, 2.05) is 30.3 Å². The van der Waals surface area contributed by atoms with Gasteiger partial charge in [-0.1, -0.05) is 41.9 Å². The lowest BCUT2D eigenvalue weighted by Crippen LogP contribution is -2.32. The predicted molar refractivity (Wildman–Crippen MR) is 152 cm³/mol. The number of carbonyl (C=O) groups is 2. The average Bonchev–Trinajstić information content (AvgIpc) is 3.33. The van der Waals surface area contributed by atoms with Crippen LogP contribution < -0.4 is 10.6 Å². The van der Waals surface area contributed by atoms with Crippen molar-refractivity contribution in [1.29, 1.82) is 0 Å². The number of carbonyl (C=O) groups excluding carboxylic acids is 1. The molecule has 0 aliphatic rings. The maximum absolute atomic E-state index is 14.1. The Hall–Kier alpha value is -4.76. The lowest BCUT2D eigenvalue weighted by molar-refractivity contribution is -0.121. The van der Waals surface area contributed by atoms with E-state index in [0.717, 1.165) is 39.2 Å². The zero-order valence-electron chi connectivity index (χ0n) is 21.6. The number of pyridine rings is 1. The molecule has 1 atom stereocenters. The summed E-state index contributed by atoms with van der Waals surface area (Å²) in [5.41, 5.74) is 4.76. The summed E-state index contributed by atoms with van der Waals surface area (Å²) in [7, 11) is 0. The van der Waals surface area contributed by atoms with Crippen molar-refractivity contribution < 1.29 is 23.5 Å². The molecule has 2 amide bonds. The summed E-state index contributed by atoms with van der Waals surface area (Å²) in [4.78, 5) is 31.9. The molecular weight excluding hydrogens is 550 g/mol. The molecule has 0 radical (unpaired) electrons. The fourth-order valence-electron chi connectivity index (χ4n) is 4.84. The molecule has 5 rings (SSSR count). The highest BCUT2D eigenvalue weighted by Gasteiger charge is 2.22. The molecule has 7 nitrogen and oxygen atoms in total. The summed E-state index contributed by atoms with van der Waals surface area (Å²) in [6.45, 7) is 0.155. The normalized spacial score (nSPS) is 11.8. The smallest absolute Gasteiger partial charge is 0.404 e. The van der Waals surface area contributed by atoms with E-state index in [9.17, 15) is 18.4 Å². The molecule has 0 bridgehead atoms. The van der Waals surface area contributed by atoms with Crippen LogP contribution in [0.4, 0.5) is 13.6 Å². The third-order valence-electron chi connectivity index (χ3n) is 6.65. The molecule has 3 aromatic carbocycles.